The highest BCUT2D eigenvalue weighted by Gasteiger charge is 2.19. The third-order valence-electron chi connectivity index (χ3n) is 3.98. The predicted octanol–water partition coefficient (Wildman–Crippen LogP) is 0.707. The van der Waals surface area contributed by atoms with Crippen LogP contribution in [0, 0.1) is 0 Å². The van der Waals surface area contributed by atoms with E-state index in [-0.39, 0.29) is 0 Å². The molecule has 2 aromatic heterocycles. The van der Waals surface area contributed by atoms with Crippen molar-refractivity contribution in [3.63, 3.8) is 0 Å². The van der Waals surface area contributed by atoms with E-state index in [2.05, 4.69) is 30.5 Å². The third-order valence-corrected chi connectivity index (χ3v) is 3.98. The van der Waals surface area contributed by atoms with E-state index >= 15 is 0 Å². The molecule has 128 valence electrons. The highest BCUT2D eigenvalue weighted by atomic mass is 16.4. The van der Waals surface area contributed by atoms with Crippen LogP contribution in [0.25, 0.3) is 22.4 Å². The Morgan fingerprint density at radius 3 is 2.65 bits per heavy atom. The molecule has 0 bridgehead atoms. The summed E-state index contributed by atoms with van der Waals surface area (Å²) in [6, 6.07) is 15.1. The van der Waals surface area contributed by atoms with E-state index in [1.165, 1.54) is 6.33 Å². The normalized spacial score (nSPS) is 10.8. The molecule has 4 N–H and O–H groups in total. The number of aromatic amines is 1. The summed E-state index contributed by atoms with van der Waals surface area (Å²) in [6.45, 7) is 0.592. The lowest BCUT2D eigenvalue weighted by atomic mass is 9.79. The minimum atomic E-state index is -1.60. The van der Waals surface area contributed by atoms with Gasteiger partial charge in [0, 0.05) is 17.4 Å². The summed E-state index contributed by atoms with van der Waals surface area (Å²) in [4.78, 5) is 12.8. The first-order valence-electron chi connectivity index (χ1n) is 8.02. The van der Waals surface area contributed by atoms with Crippen molar-refractivity contribution in [2.75, 3.05) is 5.32 Å². The Labute approximate surface area is 149 Å². The maximum atomic E-state index is 9.47. The second-order valence-electron chi connectivity index (χ2n) is 5.69. The number of hydrogen-bond acceptors (Lipinski definition) is 7. The topological polar surface area (TPSA) is 120 Å². The summed E-state index contributed by atoms with van der Waals surface area (Å²) >= 11 is 0. The molecule has 0 spiro atoms. The molecule has 2 heterocycles. The van der Waals surface area contributed by atoms with Crippen molar-refractivity contribution in [1.82, 2.24) is 25.1 Å². The molecular formula is C17H15BN6O2. The zero-order valence-corrected chi connectivity index (χ0v) is 13.7. The maximum Gasteiger partial charge on any atom is 0.490 e. The van der Waals surface area contributed by atoms with Gasteiger partial charge in [-0.2, -0.15) is 10.1 Å². The predicted molar refractivity (Wildman–Crippen MR) is 98.5 cm³/mol. The Hall–Kier alpha value is -3.30. The van der Waals surface area contributed by atoms with Crippen molar-refractivity contribution >= 4 is 29.4 Å². The van der Waals surface area contributed by atoms with Crippen LogP contribution in [0.4, 0.5) is 5.95 Å². The van der Waals surface area contributed by atoms with Crippen LogP contribution in [-0.2, 0) is 6.54 Å². The van der Waals surface area contributed by atoms with Crippen LogP contribution in [0.2, 0.25) is 0 Å². The van der Waals surface area contributed by atoms with Crippen molar-refractivity contribution in [2.24, 2.45) is 0 Å². The second-order valence-corrected chi connectivity index (χ2v) is 5.69. The van der Waals surface area contributed by atoms with Gasteiger partial charge in [-0.3, -0.25) is 5.10 Å². The number of benzene rings is 2. The van der Waals surface area contributed by atoms with Gasteiger partial charge in [0.2, 0.25) is 5.95 Å². The van der Waals surface area contributed by atoms with Crippen LogP contribution in [0.1, 0.15) is 5.56 Å². The highest BCUT2D eigenvalue weighted by Crippen LogP contribution is 2.22. The maximum absolute atomic E-state index is 9.47. The van der Waals surface area contributed by atoms with Crippen LogP contribution >= 0.6 is 0 Å². The molecule has 0 unspecified atom stereocenters. The molecule has 4 rings (SSSR count). The summed E-state index contributed by atoms with van der Waals surface area (Å²) in [5.41, 5.74) is 2.49. The SMILES string of the molecule is OB(O)c1cccc2c(-c3ncnc(NCc4ccccc4)n3)[nH]nc12. The van der Waals surface area contributed by atoms with Crippen LogP contribution in [0.15, 0.2) is 54.9 Å². The van der Waals surface area contributed by atoms with Gasteiger partial charge < -0.3 is 15.4 Å². The van der Waals surface area contributed by atoms with Gasteiger partial charge in [-0.05, 0) is 5.56 Å². The number of para-hydroxylation sites is 1. The van der Waals surface area contributed by atoms with E-state index in [1.807, 2.05) is 36.4 Å². The number of anilines is 1. The largest absolute Gasteiger partial charge is 0.490 e. The number of nitrogens with one attached hydrogen (secondary N) is 2. The minimum Gasteiger partial charge on any atom is -0.423 e. The Bertz CT molecular complexity index is 1040. The van der Waals surface area contributed by atoms with Gasteiger partial charge in [0.25, 0.3) is 0 Å². The number of aromatic nitrogens is 5. The molecule has 8 nitrogen and oxygen atoms in total. The molecule has 0 amide bonds. The summed E-state index contributed by atoms with van der Waals surface area (Å²) in [5.74, 6) is 0.864. The zero-order chi connectivity index (χ0) is 17.9. The summed E-state index contributed by atoms with van der Waals surface area (Å²) in [7, 11) is -1.60. The minimum absolute atomic E-state index is 0.321. The second kappa shape index (κ2) is 6.91. The fourth-order valence-electron chi connectivity index (χ4n) is 2.72. The van der Waals surface area contributed by atoms with E-state index in [9.17, 15) is 10.0 Å². The Balaban J connectivity index is 1.64. The van der Waals surface area contributed by atoms with E-state index in [1.54, 1.807) is 12.1 Å². The number of nitrogens with zero attached hydrogens (tertiary/aromatic N) is 4. The Kier molecular flexibility index (Phi) is 4.30. The molecule has 2 aromatic carbocycles. The van der Waals surface area contributed by atoms with E-state index in [4.69, 9.17) is 0 Å². The smallest absolute Gasteiger partial charge is 0.423 e. The Morgan fingerprint density at radius 2 is 1.85 bits per heavy atom. The summed E-state index contributed by atoms with van der Waals surface area (Å²) in [6.07, 6.45) is 1.42. The van der Waals surface area contributed by atoms with Gasteiger partial charge in [-0.15, -0.1) is 0 Å². The average molecular weight is 346 g/mol. The molecule has 0 aliphatic rings. The summed E-state index contributed by atoms with van der Waals surface area (Å²) in [5, 5.41) is 29.9. The fraction of sp³-hybridized carbons (Fsp3) is 0.0588. The molecular weight excluding hydrogens is 331 g/mol. The van der Waals surface area contributed by atoms with Crippen LogP contribution < -0.4 is 10.8 Å². The molecule has 0 aliphatic heterocycles. The summed E-state index contributed by atoms with van der Waals surface area (Å²) < 4.78 is 0. The molecule has 0 atom stereocenters. The van der Waals surface area contributed by atoms with Crippen molar-refractivity contribution in [1.29, 1.82) is 0 Å². The standard InChI is InChI=1S/C17H15BN6O2/c25-18(26)13-8-4-7-12-14(13)23-24-15(12)16-20-10-21-17(22-16)19-9-11-5-2-1-3-6-11/h1-8,10,25-26H,9H2,(H,23,24)(H,19,20,21,22). The highest BCUT2D eigenvalue weighted by molar-refractivity contribution is 6.61. The van der Waals surface area contributed by atoms with Crippen molar-refractivity contribution in [3.05, 3.63) is 60.4 Å². The first-order valence-corrected chi connectivity index (χ1v) is 8.02. The van der Waals surface area contributed by atoms with Crippen molar-refractivity contribution < 1.29 is 10.0 Å². The number of H-pyrrole nitrogens is 1. The van der Waals surface area contributed by atoms with E-state index in [0.717, 1.165) is 5.56 Å². The van der Waals surface area contributed by atoms with E-state index in [0.29, 0.717) is 40.4 Å². The average Bonchev–Trinajstić information content (AvgIpc) is 3.11. The van der Waals surface area contributed by atoms with Gasteiger partial charge in [-0.1, -0.05) is 48.5 Å². The first-order chi connectivity index (χ1) is 12.7. The first kappa shape index (κ1) is 16.2. The number of rotatable bonds is 5. The number of fused-ring (bicyclic) bond motifs is 1. The van der Waals surface area contributed by atoms with Gasteiger partial charge >= 0.3 is 7.12 Å². The van der Waals surface area contributed by atoms with Crippen LogP contribution in [0.5, 0.6) is 0 Å². The molecule has 0 saturated heterocycles. The zero-order valence-electron chi connectivity index (χ0n) is 13.7. The lowest BCUT2D eigenvalue weighted by Crippen LogP contribution is -2.30. The van der Waals surface area contributed by atoms with Gasteiger partial charge in [0.1, 0.15) is 12.0 Å². The molecule has 0 fully saturated rings. The lowest BCUT2D eigenvalue weighted by molar-refractivity contribution is 0.426. The molecule has 0 saturated carbocycles. The molecule has 0 radical (unpaired) electrons. The quantitative estimate of drug-likeness (QED) is 0.393. The van der Waals surface area contributed by atoms with Crippen LogP contribution in [-0.4, -0.2) is 42.3 Å². The van der Waals surface area contributed by atoms with E-state index < -0.39 is 7.12 Å². The van der Waals surface area contributed by atoms with Crippen molar-refractivity contribution in [3.8, 4) is 11.5 Å². The molecule has 26 heavy (non-hydrogen) atoms. The third kappa shape index (κ3) is 3.13. The molecule has 4 aromatic rings. The van der Waals surface area contributed by atoms with Gasteiger partial charge in [0.15, 0.2) is 5.82 Å². The van der Waals surface area contributed by atoms with Gasteiger partial charge in [0.05, 0.1) is 5.52 Å². The monoisotopic (exact) mass is 346 g/mol. The lowest BCUT2D eigenvalue weighted by Gasteiger charge is -2.05. The van der Waals surface area contributed by atoms with Crippen molar-refractivity contribution in [2.45, 2.75) is 6.54 Å². The fourth-order valence-corrected chi connectivity index (χ4v) is 2.72. The molecule has 0 aliphatic carbocycles. The van der Waals surface area contributed by atoms with Gasteiger partial charge in [-0.25, -0.2) is 9.97 Å². The Morgan fingerprint density at radius 1 is 1.00 bits per heavy atom. The molecule has 9 heteroatoms. The number of hydrogen-bond donors (Lipinski definition) is 4. The van der Waals surface area contributed by atoms with Crippen LogP contribution in [0.3, 0.4) is 0 Å².